The molecule has 0 atom stereocenters. The summed E-state index contributed by atoms with van der Waals surface area (Å²) in [6, 6.07) is 3.86. The summed E-state index contributed by atoms with van der Waals surface area (Å²) < 4.78 is 23.3. The van der Waals surface area contributed by atoms with Crippen LogP contribution in [0.4, 0.5) is 11.4 Å². The second-order valence-electron chi connectivity index (χ2n) is 8.40. The van der Waals surface area contributed by atoms with Gasteiger partial charge in [0.2, 0.25) is 0 Å². The number of rotatable bonds is 7. The van der Waals surface area contributed by atoms with E-state index in [2.05, 4.69) is 48.2 Å². The van der Waals surface area contributed by atoms with Gasteiger partial charge >= 0.3 is 0 Å². The van der Waals surface area contributed by atoms with Gasteiger partial charge in [-0.15, -0.1) is 0 Å². The highest BCUT2D eigenvalue weighted by atomic mass is 32.2. The molecule has 10 heteroatoms. The standard InChI is InChI=1S/C19H31N5O4S/c1-7-20-17(23-13-18(2,3)19(23,4)5)22-11-10-21-15-9-8-14(29(6,27)28)12-16(15)24(25)26/h8-9,12,21H,7,10-11,13H2,1-6H3,(H,20,22). The molecule has 0 amide bonds. The number of hydrogen-bond acceptors (Lipinski definition) is 6. The molecule has 0 saturated carbocycles. The largest absolute Gasteiger partial charge is 0.378 e. The Labute approximate surface area is 172 Å². The van der Waals surface area contributed by atoms with E-state index in [1.54, 1.807) is 0 Å². The van der Waals surface area contributed by atoms with Gasteiger partial charge in [-0.1, -0.05) is 13.8 Å². The minimum absolute atomic E-state index is 0.0261. The van der Waals surface area contributed by atoms with E-state index in [1.807, 2.05) is 6.92 Å². The first-order valence-corrected chi connectivity index (χ1v) is 11.5. The van der Waals surface area contributed by atoms with Crippen molar-refractivity contribution in [3.05, 3.63) is 28.3 Å². The smallest absolute Gasteiger partial charge is 0.293 e. The third-order valence-electron chi connectivity index (χ3n) is 5.76. The van der Waals surface area contributed by atoms with Crippen molar-refractivity contribution in [2.24, 2.45) is 10.4 Å². The Balaban J connectivity index is 2.09. The molecule has 0 radical (unpaired) electrons. The van der Waals surface area contributed by atoms with Crippen LogP contribution in [0.5, 0.6) is 0 Å². The summed E-state index contributed by atoms with van der Waals surface area (Å²) in [6.45, 7) is 13.3. The fourth-order valence-electron chi connectivity index (χ4n) is 3.19. The van der Waals surface area contributed by atoms with Gasteiger partial charge in [-0.3, -0.25) is 15.1 Å². The fraction of sp³-hybridized carbons (Fsp3) is 0.632. The van der Waals surface area contributed by atoms with Crippen molar-refractivity contribution in [3.63, 3.8) is 0 Å². The van der Waals surface area contributed by atoms with Crippen molar-refractivity contribution in [3.8, 4) is 0 Å². The van der Waals surface area contributed by atoms with Gasteiger partial charge in [0, 0.05) is 42.9 Å². The van der Waals surface area contributed by atoms with E-state index < -0.39 is 14.8 Å². The van der Waals surface area contributed by atoms with Crippen LogP contribution in [0.2, 0.25) is 0 Å². The van der Waals surface area contributed by atoms with Crippen molar-refractivity contribution in [2.75, 3.05) is 37.8 Å². The highest BCUT2D eigenvalue weighted by molar-refractivity contribution is 7.90. The Hall–Kier alpha value is -2.36. The van der Waals surface area contributed by atoms with Crippen LogP contribution in [0.15, 0.2) is 28.1 Å². The summed E-state index contributed by atoms with van der Waals surface area (Å²) in [5.41, 5.74) is 0.160. The van der Waals surface area contributed by atoms with E-state index in [0.29, 0.717) is 13.1 Å². The Bertz CT molecular complexity index is 909. The summed E-state index contributed by atoms with van der Waals surface area (Å²) in [7, 11) is -3.51. The van der Waals surface area contributed by atoms with Crippen LogP contribution in [0.1, 0.15) is 34.6 Å². The lowest BCUT2D eigenvalue weighted by Gasteiger charge is -2.62. The van der Waals surface area contributed by atoms with Gasteiger partial charge in [-0.25, -0.2) is 8.42 Å². The van der Waals surface area contributed by atoms with Crippen LogP contribution in [0.25, 0.3) is 0 Å². The zero-order valence-electron chi connectivity index (χ0n) is 17.9. The Morgan fingerprint density at radius 1 is 1.31 bits per heavy atom. The highest BCUT2D eigenvalue weighted by Gasteiger charge is 2.53. The predicted octanol–water partition coefficient (Wildman–Crippen LogP) is 2.50. The monoisotopic (exact) mass is 425 g/mol. The molecule has 29 heavy (non-hydrogen) atoms. The molecule has 1 fully saturated rings. The Morgan fingerprint density at radius 2 is 1.97 bits per heavy atom. The number of guanidine groups is 1. The van der Waals surface area contributed by atoms with Crippen molar-refractivity contribution < 1.29 is 13.3 Å². The van der Waals surface area contributed by atoms with E-state index in [1.165, 1.54) is 12.1 Å². The number of nitro benzene ring substituents is 1. The van der Waals surface area contributed by atoms with E-state index in [-0.39, 0.29) is 27.2 Å². The second kappa shape index (κ2) is 8.17. The fourth-order valence-corrected chi connectivity index (χ4v) is 3.83. The predicted molar refractivity (Wildman–Crippen MR) is 115 cm³/mol. The van der Waals surface area contributed by atoms with Crippen molar-refractivity contribution >= 4 is 27.2 Å². The van der Waals surface area contributed by atoms with Gasteiger partial charge < -0.3 is 15.5 Å². The zero-order valence-corrected chi connectivity index (χ0v) is 18.8. The van der Waals surface area contributed by atoms with Crippen LogP contribution in [0, 0.1) is 15.5 Å². The molecule has 1 aromatic carbocycles. The lowest BCUT2D eigenvalue weighted by Crippen LogP contribution is -2.72. The van der Waals surface area contributed by atoms with Gasteiger partial charge in [-0.2, -0.15) is 0 Å². The second-order valence-corrected chi connectivity index (χ2v) is 10.4. The molecule has 9 nitrogen and oxygen atoms in total. The topological polar surface area (TPSA) is 117 Å². The normalized spacial score (nSPS) is 18.1. The molecule has 0 bridgehead atoms. The van der Waals surface area contributed by atoms with Gasteiger partial charge in [0.05, 0.1) is 16.4 Å². The quantitative estimate of drug-likeness (QED) is 0.227. The maximum Gasteiger partial charge on any atom is 0.293 e. The molecule has 1 aliphatic rings. The van der Waals surface area contributed by atoms with Gasteiger partial charge in [0.15, 0.2) is 15.8 Å². The molecule has 0 unspecified atom stereocenters. The van der Waals surface area contributed by atoms with Crippen molar-refractivity contribution in [1.82, 2.24) is 10.2 Å². The first kappa shape index (κ1) is 22.9. The number of nitrogens with one attached hydrogen (secondary N) is 2. The van der Waals surface area contributed by atoms with E-state index in [4.69, 9.17) is 0 Å². The molecule has 1 aliphatic heterocycles. The first-order valence-electron chi connectivity index (χ1n) is 9.59. The molecule has 1 aromatic rings. The van der Waals surface area contributed by atoms with Crippen LogP contribution in [-0.4, -0.2) is 62.2 Å². The maximum atomic E-state index is 11.6. The van der Waals surface area contributed by atoms with Gasteiger partial charge in [0.1, 0.15) is 5.69 Å². The summed E-state index contributed by atoms with van der Waals surface area (Å²) in [5, 5.41) is 17.6. The van der Waals surface area contributed by atoms with Crippen molar-refractivity contribution in [1.29, 1.82) is 0 Å². The third kappa shape index (κ3) is 4.80. The van der Waals surface area contributed by atoms with Gasteiger partial charge in [0.25, 0.3) is 5.69 Å². The molecule has 1 saturated heterocycles. The number of hydrogen-bond donors (Lipinski definition) is 2. The average molecular weight is 426 g/mol. The first-order chi connectivity index (χ1) is 13.3. The molecule has 1 heterocycles. The van der Waals surface area contributed by atoms with Crippen LogP contribution in [-0.2, 0) is 9.84 Å². The Morgan fingerprint density at radius 3 is 2.45 bits per heavy atom. The molecule has 162 valence electrons. The summed E-state index contributed by atoms with van der Waals surface area (Å²) in [6.07, 6.45) is 1.02. The molecule has 0 spiro atoms. The number of nitro groups is 1. The molecule has 0 aliphatic carbocycles. The number of benzene rings is 1. The highest BCUT2D eigenvalue weighted by Crippen LogP contribution is 2.46. The van der Waals surface area contributed by atoms with Gasteiger partial charge in [-0.05, 0) is 32.9 Å². The maximum absolute atomic E-state index is 11.6. The number of aliphatic imine (C=N–C) groups is 1. The molecule has 2 N–H and O–H groups in total. The minimum atomic E-state index is -3.51. The number of sulfone groups is 1. The third-order valence-corrected chi connectivity index (χ3v) is 6.87. The lowest BCUT2D eigenvalue weighted by molar-refractivity contribution is -0.384. The lowest BCUT2D eigenvalue weighted by atomic mass is 9.65. The van der Waals surface area contributed by atoms with Crippen LogP contribution >= 0.6 is 0 Å². The molecule has 2 rings (SSSR count). The molecule has 0 aromatic heterocycles. The molecular weight excluding hydrogens is 394 g/mol. The number of anilines is 1. The molecular formula is C19H31N5O4S. The van der Waals surface area contributed by atoms with E-state index in [9.17, 15) is 18.5 Å². The summed E-state index contributed by atoms with van der Waals surface area (Å²) in [4.78, 5) is 17.5. The van der Waals surface area contributed by atoms with Crippen LogP contribution < -0.4 is 10.6 Å². The van der Waals surface area contributed by atoms with E-state index >= 15 is 0 Å². The van der Waals surface area contributed by atoms with Crippen molar-refractivity contribution in [2.45, 2.75) is 45.1 Å². The van der Waals surface area contributed by atoms with E-state index in [0.717, 1.165) is 31.4 Å². The van der Waals surface area contributed by atoms with Crippen LogP contribution in [0.3, 0.4) is 0 Å². The minimum Gasteiger partial charge on any atom is -0.378 e. The SMILES string of the molecule is CCNC(=NCCNc1ccc(S(C)(=O)=O)cc1[N+](=O)[O-])N1CC(C)(C)C1(C)C. The number of likely N-dealkylation sites (tertiary alicyclic amines) is 1. The zero-order chi connectivity index (χ0) is 22.0. The summed E-state index contributed by atoms with van der Waals surface area (Å²) in [5.74, 6) is 0.820. The average Bonchev–Trinajstić information content (AvgIpc) is 2.61. The summed E-state index contributed by atoms with van der Waals surface area (Å²) >= 11 is 0. The Kier molecular flexibility index (Phi) is 6.46. The number of nitrogens with zero attached hydrogens (tertiary/aromatic N) is 3.